The maximum Gasteiger partial charge on any atom is 0.269 e. The van der Waals surface area contributed by atoms with Crippen molar-refractivity contribution in [1.82, 2.24) is 0 Å². The predicted octanol–water partition coefficient (Wildman–Crippen LogP) is 2.17. The molecule has 86 valence electrons. The highest BCUT2D eigenvalue weighted by Crippen LogP contribution is 2.16. The number of dihydropyridines is 1. The first-order valence-electron chi connectivity index (χ1n) is 4.98. The van der Waals surface area contributed by atoms with Crippen LogP contribution in [-0.2, 0) is 9.59 Å². The van der Waals surface area contributed by atoms with E-state index in [2.05, 4.69) is 26.2 Å². The van der Waals surface area contributed by atoms with Gasteiger partial charge in [-0.2, -0.15) is 0 Å². The van der Waals surface area contributed by atoms with Gasteiger partial charge in [-0.3, -0.25) is 9.59 Å². The molecular formula is C12H9BrN2O2. The minimum absolute atomic E-state index is 0.212. The SMILES string of the molecule is O=C1C=CC(C(=O)Nc2cccc(Br)c2)C=N1. The summed E-state index contributed by atoms with van der Waals surface area (Å²) < 4.78 is 0.887. The molecule has 0 aromatic heterocycles. The molecule has 0 fully saturated rings. The molecule has 0 saturated carbocycles. The largest absolute Gasteiger partial charge is 0.325 e. The molecule has 1 unspecified atom stereocenters. The number of carbonyl (C=O) groups excluding carboxylic acids is 2. The summed E-state index contributed by atoms with van der Waals surface area (Å²) in [6.45, 7) is 0. The minimum Gasteiger partial charge on any atom is -0.325 e. The molecule has 1 aromatic rings. The van der Waals surface area contributed by atoms with Crippen LogP contribution in [-0.4, -0.2) is 18.0 Å². The number of nitrogens with one attached hydrogen (secondary N) is 1. The monoisotopic (exact) mass is 292 g/mol. The van der Waals surface area contributed by atoms with E-state index in [1.807, 2.05) is 12.1 Å². The van der Waals surface area contributed by atoms with Gasteiger partial charge >= 0.3 is 0 Å². The molecule has 0 bridgehead atoms. The summed E-state index contributed by atoms with van der Waals surface area (Å²) in [6, 6.07) is 7.29. The fourth-order valence-corrected chi connectivity index (χ4v) is 1.78. The standard InChI is InChI=1S/C12H9BrN2O2/c13-9-2-1-3-10(6-9)15-12(17)8-4-5-11(16)14-7-8/h1-8H,(H,15,17). The number of hydrogen-bond donors (Lipinski definition) is 1. The fourth-order valence-electron chi connectivity index (χ4n) is 1.38. The summed E-state index contributed by atoms with van der Waals surface area (Å²) in [5, 5.41) is 2.74. The molecule has 0 saturated heterocycles. The Morgan fingerprint density at radius 3 is 2.88 bits per heavy atom. The third-order valence-electron chi connectivity index (χ3n) is 2.20. The molecule has 1 aliphatic rings. The summed E-state index contributed by atoms with van der Waals surface area (Å²) in [4.78, 5) is 26.2. The van der Waals surface area contributed by atoms with Crippen molar-refractivity contribution >= 4 is 39.6 Å². The van der Waals surface area contributed by atoms with Crippen LogP contribution in [0.1, 0.15) is 0 Å². The van der Waals surface area contributed by atoms with E-state index in [0.717, 1.165) is 4.47 Å². The molecule has 2 amide bonds. The number of carbonyl (C=O) groups is 2. The molecule has 4 nitrogen and oxygen atoms in total. The van der Waals surface area contributed by atoms with Crippen LogP contribution >= 0.6 is 15.9 Å². The number of rotatable bonds is 2. The zero-order valence-electron chi connectivity index (χ0n) is 8.76. The van der Waals surface area contributed by atoms with Crippen LogP contribution in [0.5, 0.6) is 0 Å². The highest BCUT2D eigenvalue weighted by Gasteiger charge is 2.16. The molecule has 1 heterocycles. The second-order valence-corrected chi connectivity index (χ2v) is 4.42. The maximum atomic E-state index is 11.8. The Balaban J connectivity index is 2.05. The lowest BCUT2D eigenvalue weighted by molar-refractivity contribution is -0.117. The predicted molar refractivity (Wildman–Crippen MR) is 68.9 cm³/mol. The van der Waals surface area contributed by atoms with Gasteiger partial charge in [0.25, 0.3) is 5.91 Å². The molecule has 0 spiro atoms. The smallest absolute Gasteiger partial charge is 0.269 e. The normalized spacial score (nSPS) is 18.2. The van der Waals surface area contributed by atoms with Crippen LogP contribution in [0, 0.1) is 5.92 Å². The lowest BCUT2D eigenvalue weighted by Crippen LogP contribution is -2.24. The van der Waals surface area contributed by atoms with E-state index in [-0.39, 0.29) is 11.8 Å². The van der Waals surface area contributed by atoms with Gasteiger partial charge in [-0.25, -0.2) is 4.99 Å². The number of halogens is 1. The van der Waals surface area contributed by atoms with Crippen molar-refractivity contribution in [2.75, 3.05) is 5.32 Å². The average molecular weight is 293 g/mol. The molecule has 5 heteroatoms. The van der Waals surface area contributed by atoms with Gasteiger partial charge in [0.15, 0.2) is 0 Å². The van der Waals surface area contributed by atoms with Gasteiger partial charge in [-0.15, -0.1) is 0 Å². The molecule has 1 N–H and O–H groups in total. The molecule has 1 aromatic carbocycles. The highest BCUT2D eigenvalue weighted by molar-refractivity contribution is 9.10. The van der Waals surface area contributed by atoms with Crippen molar-refractivity contribution in [3.63, 3.8) is 0 Å². The topological polar surface area (TPSA) is 58.5 Å². The van der Waals surface area contributed by atoms with E-state index >= 15 is 0 Å². The third kappa shape index (κ3) is 3.10. The van der Waals surface area contributed by atoms with Crippen molar-refractivity contribution in [2.45, 2.75) is 0 Å². The number of anilines is 1. The Morgan fingerprint density at radius 1 is 1.41 bits per heavy atom. The zero-order chi connectivity index (χ0) is 12.3. The molecular weight excluding hydrogens is 284 g/mol. The van der Waals surface area contributed by atoms with Crippen LogP contribution < -0.4 is 5.32 Å². The second kappa shape index (κ2) is 5.05. The number of benzene rings is 1. The van der Waals surface area contributed by atoms with Crippen LogP contribution in [0.2, 0.25) is 0 Å². The second-order valence-electron chi connectivity index (χ2n) is 3.50. The van der Waals surface area contributed by atoms with E-state index < -0.39 is 5.92 Å². The van der Waals surface area contributed by atoms with Gasteiger partial charge in [0, 0.05) is 22.5 Å². The Labute approximate surface area is 107 Å². The summed E-state index contributed by atoms with van der Waals surface area (Å²) >= 11 is 3.32. The Bertz CT molecular complexity index is 507. The number of aliphatic imine (C=N–C) groups is 1. The van der Waals surface area contributed by atoms with Gasteiger partial charge in [-0.1, -0.05) is 28.1 Å². The van der Waals surface area contributed by atoms with E-state index in [9.17, 15) is 9.59 Å². The molecule has 1 aliphatic heterocycles. The van der Waals surface area contributed by atoms with Crippen LogP contribution in [0.4, 0.5) is 5.69 Å². The maximum absolute atomic E-state index is 11.8. The Kier molecular flexibility index (Phi) is 3.49. The van der Waals surface area contributed by atoms with Crippen molar-refractivity contribution in [3.05, 3.63) is 40.9 Å². The summed E-state index contributed by atoms with van der Waals surface area (Å²) in [5.74, 6) is -1.04. The quantitative estimate of drug-likeness (QED) is 0.908. The highest BCUT2D eigenvalue weighted by atomic mass is 79.9. The molecule has 2 rings (SSSR count). The molecule has 0 radical (unpaired) electrons. The van der Waals surface area contributed by atoms with Gasteiger partial charge in [0.05, 0.1) is 5.92 Å². The van der Waals surface area contributed by atoms with E-state index in [1.54, 1.807) is 12.1 Å². The molecule has 0 aliphatic carbocycles. The average Bonchev–Trinajstić information content (AvgIpc) is 2.29. The summed E-state index contributed by atoms with van der Waals surface area (Å²) in [7, 11) is 0. The first-order chi connectivity index (χ1) is 8.15. The van der Waals surface area contributed by atoms with Gasteiger partial charge in [0.1, 0.15) is 0 Å². The minimum atomic E-state index is -0.494. The Hall–Kier alpha value is -1.75. The van der Waals surface area contributed by atoms with Gasteiger partial charge in [-0.05, 0) is 18.2 Å². The number of hydrogen-bond acceptors (Lipinski definition) is 2. The number of nitrogens with zero attached hydrogens (tertiary/aromatic N) is 1. The Morgan fingerprint density at radius 2 is 2.24 bits per heavy atom. The first-order valence-corrected chi connectivity index (χ1v) is 5.77. The lowest BCUT2D eigenvalue weighted by atomic mass is 10.1. The van der Waals surface area contributed by atoms with Crippen molar-refractivity contribution < 1.29 is 9.59 Å². The zero-order valence-corrected chi connectivity index (χ0v) is 10.3. The van der Waals surface area contributed by atoms with E-state index in [0.29, 0.717) is 5.69 Å². The van der Waals surface area contributed by atoms with Crippen LogP contribution in [0.15, 0.2) is 45.9 Å². The summed E-state index contributed by atoms with van der Waals surface area (Å²) in [5.41, 5.74) is 0.697. The van der Waals surface area contributed by atoms with Crippen LogP contribution in [0.25, 0.3) is 0 Å². The third-order valence-corrected chi connectivity index (χ3v) is 2.70. The van der Waals surface area contributed by atoms with Crippen molar-refractivity contribution in [1.29, 1.82) is 0 Å². The lowest BCUT2D eigenvalue weighted by Gasteiger charge is -2.10. The van der Waals surface area contributed by atoms with Gasteiger partial charge in [0.2, 0.25) is 5.91 Å². The molecule has 17 heavy (non-hydrogen) atoms. The van der Waals surface area contributed by atoms with Crippen LogP contribution in [0.3, 0.4) is 0 Å². The van der Waals surface area contributed by atoms with E-state index in [4.69, 9.17) is 0 Å². The summed E-state index contributed by atoms with van der Waals surface area (Å²) in [6.07, 6.45) is 4.17. The van der Waals surface area contributed by atoms with Crippen molar-refractivity contribution in [3.8, 4) is 0 Å². The molecule has 1 atom stereocenters. The fraction of sp³-hybridized carbons (Fsp3) is 0.0833. The number of amides is 2. The van der Waals surface area contributed by atoms with Crippen molar-refractivity contribution in [2.24, 2.45) is 10.9 Å². The van der Waals surface area contributed by atoms with Gasteiger partial charge < -0.3 is 5.32 Å². The van der Waals surface area contributed by atoms with E-state index in [1.165, 1.54) is 18.4 Å². The first kappa shape index (κ1) is 11.7.